The highest BCUT2D eigenvalue weighted by molar-refractivity contribution is 7.90. The number of hydrogen-bond acceptors (Lipinski definition) is 7. The van der Waals surface area contributed by atoms with Gasteiger partial charge in [-0.3, -0.25) is 14.4 Å². The van der Waals surface area contributed by atoms with Gasteiger partial charge in [0.2, 0.25) is 5.88 Å². The van der Waals surface area contributed by atoms with Crippen molar-refractivity contribution in [2.24, 2.45) is 5.73 Å². The number of rotatable bonds is 9. The van der Waals surface area contributed by atoms with Gasteiger partial charge in [0, 0.05) is 18.4 Å². The van der Waals surface area contributed by atoms with Gasteiger partial charge in [-0.05, 0) is 37.6 Å². The van der Waals surface area contributed by atoms with Gasteiger partial charge in [0.1, 0.15) is 0 Å². The molecule has 0 radical (unpaired) electrons. The first-order valence-electron chi connectivity index (χ1n) is 11.2. The van der Waals surface area contributed by atoms with E-state index >= 15 is 0 Å². The van der Waals surface area contributed by atoms with E-state index < -0.39 is 34.2 Å². The quantitative estimate of drug-likeness (QED) is 0.254. The molecule has 4 rings (SSSR count). The number of nitrogens with one attached hydrogen (secondary N) is 1. The summed E-state index contributed by atoms with van der Waals surface area (Å²) in [5.41, 5.74) is 8.12. The molecular weight excluding hydrogens is 496 g/mol. The molecule has 11 heteroatoms. The van der Waals surface area contributed by atoms with Crippen LogP contribution in [0, 0.1) is 13.8 Å². The summed E-state index contributed by atoms with van der Waals surface area (Å²) in [4.78, 5) is 41.1. The molecule has 0 aliphatic heterocycles. The molecule has 190 valence electrons. The Balaban J connectivity index is 1.66. The van der Waals surface area contributed by atoms with Crippen molar-refractivity contribution in [3.05, 3.63) is 89.2 Å². The van der Waals surface area contributed by atoms with E-state index in [1.54, 1.807) is 25.1 Å². The number of hydrogen-bond donors (Lipinski definition) is 2. The maximum atomic E-state index is 12.8. The summed E-state index contributed by atoms with van der Waals surface area (Å²) in [7, 11) is -4.11. The second kappa shape index (κ2) is 10.2. The number of carbonyl (C=O) groups is 3. The molecule has 0 aliphatic carbocycles. The number of aromatic nitrogens is 2. The number of ether oxygens (including phenoxy) is 1. The normalized spacial score (nSPS) is 11.3. The molecule has 3 N–H and O–H groups in total. The van der Waals surface area contributed by atoms with Gasteiger partial charge < -0.3 is 15.0 Å². The number of fused-ring (bicyclic) bond motifs is 1. The Morgan fingerprint density at radius 1 is 1.00 bits per heavy atom. The average molecular weight is 521 g/mol. The van der Waals surface area contributed by atoms with Gasteiger partial charge in [0.05, 0.1) is 21.4 Å². The minimum atomic E-state index is -4.11. The van der Waals surface area contributed by atoms with Crippen molar-refractivity contribution in [3.63, 3.8) is 0 Å². The van der Waals surface area contributed by atoms with Gasteiger partial charge in [-0.25, -0.2) is 18.1 Å². The summed E-state index contributed by atoms with van der Waals surface area (Å²) in [5, 5.41) is 0.203. The first kappa shape index (κ1) is 25.6. The van der Waals surface area contributed by atoms with E-state index in [2.05, 4.69) is 4.98 Å². The van der Waals surface area contributed by atoms with Crippen LogP contribution in [0.3, 0.4) is 0 Å². The van der Waals surface area contributed by atoms with Crippen molar-refractivity contribution >= 4 is 38.5 Å². The van der Waals surface area contributed by atoms with E-state index in [0.717, 1.165) is 11.1 Å². The predicted octanol–water partition coefficient (Wildman–Crippen LogP) is 2.25. The van der Waals surface area contributed by atoms with Crippen LogP contribution in [0.5, 0.6) is 5.88 Å². The van der Waals surface area contributed by atoms with Crippen molar-refractivity contribution in [3.8, 4) is 5.88 Å². The largest absolute Gasteiger partial charge is 0.467 e. The van der Waals surface area contributed by atoms with Crippen LogP contribution in [0.2, 0.25) is 0 Å². The van der Waals surface area contributed by atoms with Crippen LogP contribution in [-0.4, -0.2) is 42.2 Å². The molecule has 0 bridgehead atoms. The molecule has 0 saturated carbocycles. The zero-order chi connectivity index (χ0) is 26.7. The topological polar surface area (TPSA) is 150 Å². The highest BCUT2D eigenvalue weighted by Gasteiger charge is 2.27. The molecule has 10 nitrogen and oxygen atoms in total. The molecule has 2 heterocycles. The van der Waals surface area contributed by atoms with Gasteiger partial charge in [0.15, 0.2) is 6.61 Å². The number of benzene rings is 2. The fraction of sp³-hybridized carbons (Fsp3) is 0.154. The van der Waals surface area contributed by atoms with Crippen LogP contribution in [0.15, 0.2) is 71.8 Å². The summed E-state index contributed by atoms with van der Waals surface area (Å²) >= 11 is 0. The number of amides is 2. The van der Waals surface area contributed by atoms with Crippen LogP contribution < -0.4 is 15.2 Å². The molecule has 0 spiro atoms. The highest BCUT2D eigenvalue weighted by Crippen LogP contribution is 2.33. The molecule has 0 aliphatic rings. The van der Waals surface area contributed by atoms with Crippen molar-refractivity contribution in [2.45, 2.75) is 25.3 Å². The Labute approximate surface area is 213 Å². The summed E-state index contributed by atoms with van der Waals surface area (Å²) < 4.78 is 34.4. The van der Waals surface area contributed by atoms with Crippen molar-refractivity contribution in [1.29, 1.82) is 0 Å². The second-order valence-corrected chi connectivity index (χ2v) is 10.0. The third kappa shape index (κ3) is 5.36. The zero-order valence-corrected chi connectivity index (χ0v) is 20.9. The van der Waals surface area contributed by atoms with Crippen molar-refractivity contribution < 1.29 is 27.5 Å². The Morgan fingerprint density at radius 2 is 1.68 bits per heavy atom. The number of pyridine rings is 1. The molecule has 0 saturated heterocycles. The molecule has 0 atom stereocenters. The smallest absolute Gasteiger partial charge is 0.289 e. The maximum absolute atomic E-state index is 12.8. The number of primary amides is 1. The lowest BCUT2D eigenvalue weighted by molar-refractivity contribution is -0.121. The third-order valence-electron chi connectivity index (χ3n) is 5.76. The van der Waals surface area contributed by atoms with Gasteiger partial charge in [-0.2, -0.15) is 0 Å². The zero-order valence-electron chi connectivity index (χ0n) is 20.1. The fourth-order valence-corrected chi connectivity index (χ4v) is 4.93. The Hall–Kier alpha value is -4.51. The molecular formula is C26H24N4O6S. The number of sulfonamides is 1. The van der Waals surface area contributed by atoms with E-state index in [4.69, 9.17) is 10.5 Å². The lowest BCUT2D eigenvalue weighted by Gasteiger charge is -2.10. The maximum Gasteiger partial charge on any atom is 0.289 e. The van der Waals surface area contributed by atoms with Crippen molar-refractivity contribution in [1.82, 2.24) is 14.3 Å². The van der Waals surface area contributed by atoms with Gasteiger partial charge in [-0.15, -0.1) is 0 Å². The molecule has 37 heavy (non-hydrogen) atoms. The summed E-state index contributed by atoms with van der Waals surface area (Å²) in [6.45, 7) is 3.16. The SMILES string of the molecule is Cc1ccc(S(=O)(=O)NC(=O)COc2nccc3c2c(C(=O)C(N)=O)c(C)n3Cc2ccccc2)cc1. The van der Waals surface area contributed by atoms with E-state index in [0.29, 0.717) is 17.8 Å². The van der Waals surface area contributed by atoms with E-state index in [1.165, 1.54) is 18.3 Å². The lowest BCUT2D eigenvalue weighted by atomic mass is 10.1. The number of Topliss-reactive ketones (excluding diaryl/α,β-unsaturated/α-hetero) is 1. The van der Waals surface area contributed by atoms with Crippen LogP contribution in [0.4, 0.5) is 0 Å². The van der Waals surface area contributed by atoms with E-state index in [-0.39, 0.29) is 21.7 Å². The van der Waals surface area contributed by atoms with Crippen LogP contribution in [-0.2, 0) is 26.2 Å². The number of ketones is 1. The Kier molecular flexibility index (Phi) is 7.07. The molecule has 2 amide bonds. The molecule has 4 aromatic rings. The number of nitrogens with two attached hydrogens (primary N) is 1. The highest BCUT2D eigenvalue weighted by atomic mass is 32.2. The Morgan fingerprint density at radius 3 is 2.32 bits per heavy atom. The summed E-state index contributed by atoms with van der Waals surface area (Å²) in [5.74, 6) is -3.14. The van der Waals surface area contributed by atoms with Crippen LogP contribution in [0.1, 0.15) is 27.2 Å². The molecule has 0 unspecified atom stereocenters. The predicted molar refractivity (Wildman–Crippen MR) is 136 cm³/mol. The second-order valence-electron chi connectivity index (χ2n) is 8.37. The number of nitrogens with zero attached hydrogens (tertiary/aromatic N) is 2. The minimum Gasteiger partial charge on any atom is -0.467 e. The van der Waals surface area contributed by atoms with Gasteiger partial charge >= 0.3 is 0 Å². The lowest BCUT2D eigenvalue weighted by Crippen LogP contribution is -2.34. The summed E-state index contributed by atoms with van der Waals surface area (Å²) in [6, 6.07) is 17.1. The first-order valence-corrected chi connectivity index (χ1v) is 12.7. The van der Waals surface area contributed by atoms with Crippen molar-refractivity contribution in [2.75, 3.05) is 6.61 Å². The van der Waals surface area contributed by atoms with E-state index in [1.807, 2.05) is 46.5 Å². The number of carbonyl (C=O) groups excluding carboxylic acids is 3. The monoisotopic (exact) mass is 520 g/mol. The summed E-state index contributed by atoms with van der Waals surface area (Å²) in [6.07, 6.45) is 1.43. The molecule has 2 aromatic carbocycles. The van der Waals surface area contributed by atoms with E-state index in [9.17, 15) is 22.8 Å². The number of aryl methyl sites for hydroxylation is 1. The van der Waals surface area contributed by atoms with Gasteiger partial charge in [-0.1, -0.05) is 48.0 Å². The average Bonchev–Trinajstić information content (AvgIpc) is 3.14. The fourth-order valence-electron chi connectivity index (χ4n) is 3.96. The minimum absolute atomic E-state index is 0.00853. The Bertz CT molecular complexity index is 1610. The molecule has 2 aromatic heterocycles. The van der Waals surface area contributed by atoms with Gasteiger partial charge in [0.25, 0.3) is 27.6 Å². The third-order valence-corrected chi connectivity index (χ3v) is 7.14. The molecule has 0 fully saturated rings. The van der Waals surface area contributed by atoms with Crippen LogP contribution >= 0.6 is 0 Å². The standard InChI is InChI=1S/C26H24N4O6S/c1-16-8-10-19(11-9-16)37(34,35)29-21(31)15-36-26-23-20(12-13-28-26)30(14-18-6-4-3-5-7-18)17(2)22(23)24(32)25(27)33/h3-13H,14-15H2,1-2H3,(H2,27,33)(H,29,31). The first-order chi connectivity index (χ1) is 17.6. The van der Waals surface area contributed by atoms with Crippen LogP contribution in [0.25, 0.3) is 10.9 Å².